The number of nitrogens with one attached hydrogen (secondary N) is 1. The SMILES string of the molecule is CCC(C)CNc1cc(C#N)ncn1. The first-order valence-electron chi connectivity index (χ1n) is 4.72. The van der Waals surface area contributed by atoms with Crippen LogP contribution in [0.1, 0.15) is 26.0 Å². The molecule has 0 aliphatic carbocycles. The van der Waals surface area contributed by atoms with Crippen molar-refractivity contribution in [3.8, 4) is 6.07 Å². The van der Waals surface area contributed by atoms with Gasteiger partial charge in [0.05, 0.1) is 0 Å². The number of nitrogens with zero attached hydrogens (tertiary/aromatic N) is 3. The van der Waals surface area contributed by atoms with E-state index in [4.69, 9.17) is 5.26 Å². The Bertz CT molecular complexity index is 329. The highest BCUT2D eigenvalue weighted by Crippen LogP contribution is 2.06. The van der Waals surface area contributed by atoms with E-state index in [1.54, 1.807) is 6.07 Å². The highest BCUT2D eigenvalue weighted by Gasteiger charge is 2.00. The summed E-state index contributed by atoms with van der Waals surface area (Å²) >= 11 is 0. The molecular formula is C10H14N4. The number of hydrogen-bond donors (Lipinski definition) is 1. The molecule has 0 amide bonds. The molecule has 0 saturated carbocycles. The van der Waals surface area contributed by atoms with Crippen LogP contribution in [0, 0.1) is 17.2 Å². The van der Waals surface area contributed by atoms with Gasteiger partial charge in [-0.15, -0.1) is 0 Å². The molecule has 4 heteroatoms. The molecule has 0 spiro atoms. The van der Waals surface area contributed by atoms with Crippen LogP contribution < -0.4 is 5.32 Å². The minimum atomic E-state index is 0.395. The van der Waals surface area contributed by atoms with Crippen LogP contribution in [0.4, 0.5) is 5.82 Å². The molecular weight excluding hydrogens is 176 g/mol. The highest BCUT2D eigenvalue weighted by atomic mass is 15.0. The second-order valence-electron chi connectivity index (χ2n) is 3.29. The highest BCUT2D eigenvalue weighted by molar-refractivity contribution is 5.38. The van der Waals surface area contributed by atoms with Gasteiger partial charge >= 0.3 is 0 Å². The molecule has 1 unspecified atom stereocenters. The van der Waals surface area contributed by atoms with E-state index in [1.807, 2.05) is 6.07 Å². The van der Waals surface area contributed by atoms with Crippen molar-refractivity contribution in [2.75, 3.05) is 11.9 Å². The van der Waals surface area contributed by atoms with Crippen molar-refractivity contribution in [3.63, 3.8) is 0 Å². The number of hydrogen-bond acceptors (Lipinski definition) is 4. The zero-order chi connectivity index (χ0) is 10.4. The molecule has 74 valence electrons. The van der Waals surface area contributed by atoms with Gasteiger partial charge in [-0.3, -0.25) is 0 Å². The molecule has 0 radical (unpaired) electrons. The van der Waals surface area contributed by atoms with E-state index in [9.17, 15) is 0 Å². The van der Waals surface area contributed by atoms with E-state index >= 15 is 0 Å². The van der Waals surface area contributed by atoms with E-state index in [1.165, 1.54) is 6.33 Å². The molecule has 0 fully saturated rings. The number of nitriles is 1. The van der Waals surface area contributed by atoms with Crippen LogP contribution in [0.25, 0.3) is 0 Å². The average molecular weight is 190 g/mol. The molecule has 4 nitrogen and oxygen atoms in total. The third-order valence-corrected chi connectivity index (χ3v) is 2.11. The minimum Gasteiger partial charge on any atom is -0.370 e. The summed E-state index contributed by atoms with van der Waals surface area (Å²) in [6.07, 6.45) is 2.53. The van der Waals surface area contributed by atoms with Gasteiger partial charge in [0.15, 0.2) is 0 Å². The molecule has 1 atom stereocenters. The van der Waals surface area contributed by atoms with Crippen LogP contribution in [0.5, 0.6) is 0 Å². The van der Waals surface area contributed by atoms with Crippen LogP contribution >= 0.6 is 0 Å². The topological polar surface area (TPSA) is 61.6 Å². The third kappa shape index (κ3) is 3.02. The molecule has 14 heavy (non-hydrogen) atoms. The second-order valence-corrected chi connectivity index (χ2v) is 3.29. The lowest BCUT2D eigenvalue weighted by molar-refractivity contribution is 0.592. The smallest absolute Gasteiger partial charge is 0.145 e. The Balaban J connectivity index is 2.55. The van der Waals surface area contributed by atoms with Gasteiger partial charge in [0.2, 0.25) is 0 Å². The number of rotatable bonds is 4. The molecule has 0 aliphatic heterocycles. The fourth-order valence-electron chi connectivity index (χ4n) is 0.938. The van der Waals surface area contributed by atoms with Crippen LogP contribution in [0.3, 0.4) is 0 Å². The van der Waals surface area contributed by atoms with Gasteiger partial charge in [0.25, 0.3) is 0 Å². The van der Waals surface area contributed by atoms with E-state index in [0.29, 0.717) is 11.6 Å². The Kier molecular flexibility index (Phi) is 3.86. The maximum absolute atomic E-state index is 8.62. The third-order valence-electron chi connectivity index (χ3n) is 2.11. The van der Waals surface area contributed by atoms with Crippen LogP contribution in [0.15, 0.2) is 12.4 Å². The maximum Gasteiger partial charge on any atom is 0.145 e. The van der Waals surface area contributed by atoms with Gasteiger partial charge in [-0.05, 0) is 5.92 Å². The molecule has 1 aromatic rings. The molecule has 0 aliphatic rings. The van der Waals surface area contributed by atoms with E-state index < -0.39 is 0 Å². The largest absolute Gasteiger partial charge is 0.370 e. The fourth-order valence-corrected chi connectivity index (χ4v) is 0.938. The first kappa shape index (κ1) is 10.5. The summed E-state index contributed by atoms with van der Waals surface area (Å²) < 4.78 is 0. The van der Waals surface area contributed by atoms with E-state index in [0.717, 1.165) is 18.8 Å². The zero-order valence-corrected chi connectivity index (χ0v) is 8.49. The minimum absolute atomic E-state index is 0.395. The van der Waals surface area contributed by atoms with Crippen LogP contribution in [-0.2, 0) is 0 Å². The Morgan fingerprint density at radius 1 is 1.57 bits per heavy atom. The molecule has 0 aromatic carbocycles. The van der Waals surface area contributed by atoms with Gasteiger partial charge in [0.1, 0.15) is 23.9 Å². The van der Waals surface area contributed by atoms with Crippen LogP contribution in [0.2, 0.25) is 0 Å². The van der Waals surface area contributed by atoms with Gasteiger partial charge in [0, 0.05) is 12.6 Å². The standard InChI is InChI=1S/C10H14N4/c1-3-8(2)6-12-10-4-9(5-11)13-7-14-10/h4,7-8H,3,6H2,1-2H3,(H,12,13,14). The summed E-state index contributed by atoms with van der Waals surface area (Å²) in [5, 5.41) is 11.8. The van der Waals surface area contributed by atoms with E-state index in [2.05, 4.69) is 29.1 Å². The van der Waals surface area contributed by atoms with Gasteiger partial charge in [-0.1, -0.05) is 20.3 Å². The molecule has 1 rings (SSSR count). The van der Waals surface area contributed by atoms with Crippen LogP contribution in [-0.4, -0.2) is 16.5 Å². The second kappa shape index (κ2) is 5.18. The Labute approximate surface area is 84.0 Å². The fraction of sp³-hybridized carbons (Fsp3) is 0.500. The first-order valence-corrected chi connectivity index (χ1v) is 4.72. The van der Waals surface area contributed by atoms with Crippen molar-refractivity contribution in [2.45, 2.75) is 20.3 Å². The monoisotopic (exact) mass is 190 g/mol. The Morgan fingerprint density at radius 2 is 2.36 bits per heavy atom. The number of aromatic nitrogens is 2. The summed E-state index contributed by atoms with van der Waals surface area (Å²) in [6.45, 7) is 5.19. The molecule has 1 aromatic heterocycles. The molecule has 1 N–H and O–H groups in total. The van der Waals surface area contributed by atoms with Crippen molar-refractivity contribution in [2.24, 2.45) is 5.92 Å². The van der Waals surface area contributed by atoms with Crippen molar-refractivity contribution < 1.29 is 0 Å². The van der Waals surface area contributed by atoms with Crippen molar-refractivity contribution >= 4 is 5.82 Å². The summed E-state index contributed by atoms with van der Waals surface area (Å²) in [5.74, 6) is 1.33. The maximum atomic E-state index is 8.62. The summed E-state index contributed by atoms with van der Waals surface area (Å²) in [6, 6.07) is 3.63. The number of anilines is 1. The van der Waals surface area contributed by atoms with E-state index in [-0.39, 0.29) is 0 Å². The van der Waals surface area contributed by atoms with Gasteiger partial charge < -0.3 is 5.32 Å². The molecule has 0 saturated heterocycles. The van der Waals surface area contributed by atoms with Crippen molar-refractivity contribution in [1.29, 1.82) is 5.26 Å². The summed E-state index contributed by atoms with van der Waals surface area (Å²) in [4.78, 5) is 7.81. The molecule has 0 bridgehead atoms. The predicted octanol–water partition coefficient (Wildman–Crippen LogP) is 1.81. The lowest BCUT2D eigenvalue weighted by Crippen LogP contribution is -2.11. The first-order chi connectivity index (χ1) is 6.76. The van der Waals surface area contributed by atoms with Crippen molar-refractivity contribution in [3.05, 3.63) is 18.1 Å². The van der Waals surface area contributed by atoms with Gasteiger partial charge in [-0.25, -0.2) is 9.97 Å². The Hall–Kier alpha value is -1.63. The van der Waals surface area contributed by atoms with Gasteiger partial charge in [-0.2, -0.15) is 5.26 Å². The Morgan fingerprint density at radius 3 is 3.00 bits per heavy atom. The lowest BCUT2D eigenvalue weighted by Gasteiger charge is -2.09. The van der Waals surface area contributed by atoms with Crippen molar-refractivity contribution in [1.82, 2.24) is 9.97 Å². The summed E-state index contributed by atoms with van der Waals surface area (Å²) in [5.41, 5.74) is 0.395. The normalized spacial score (nSPS) is 11.8. The average Bonchev–Trinajstić information content (AvgIpc) is 2.26. The summed E-state index contributed by atoms with van der Waals surface area (Å²) in [7, 11) is 0. The zero-order valence-electron chi connectivity index (χ0n) is 8.49. The lowest BCUT2D eigenvalue weighted by atomic mass is 10.1. The molecule has 1 heterocycles. The quantitative estimate of drug-likeness (QED) is 0.786. The predicted molar refractivity (Wildman–Crippen MR) is 54.7 cm³/mol.